The molecule has 4 nitrogen and oxygen atoms in total. The molecule has 0 aliphatic heterocycles. The Morgan fingerprint density at radius 3 is 2.41 bits per heavy atom. The first kappa shape index (κ1) is 20.9. The average molecular weight is 391 g/mol. The molecule has 3 rings (SSSR count). The molecule has 0 aliphatic carbocycles. The Morgan fingerprint density at radius 2 is 1.66 bits per heavy atom. The number of fused-ring (bicyclic) bond motifs is 1. The predicted molar refractivity (Wildman–Crippen MR) is 119 cm³/mol. The first-order chi connectivity index (χ1) is 13.9. The minimum absolute atomic E-state index is 0.00657. The summed E-state index contributed by atoms with van der Waals surface area (Å²) in [5.41, 5.74) is 2.12. The molecule has 29 heavy (non-hydrogen) atoms. The van der Waals surface area contributed by atoms with Gasteiger partial charge in [0.15, 0.2) is 6.61 Å². The molecule has 1 amide bonds. The second kappa shape index (κ2) is 9.57. The van der Waals surface area contributed by atoms with Crippen LogP contribution in [0.1, 0.15) is 31.9 Å². The number of hydrogen-bond acceptors (Lipinski definition) is 3. The standard InChI is InChI=1S/C25H30N2O2/c1-25(2,3)27-24(28)18-29-23-14-13-20-11-7-8-12-21(20)22(23)17-26-16-15-19-9-5-4-6-10-19/h4-14,26H,15-18H2,1-3H3,(H,27,28). The fourth-order valence-corrected chi connectivity index (χ4v) is 3.32. The van der Waals surface area contributed by atoms with Gasteiger partial charge >= 0.3 is 0 Å². The average Bonchev–Trinajstić information content (AvgIpc) is 2.69. The Labute approximate surface area is 173 Å². The van der Waals surface area contributed by atoms with E-state index in [1.54, 1.807) is 0 Å². The van der Waals surface area contributed by atoms with Gasteiger partial charge in [-0.3, -0.25) is 4.79 Å². The van der Waals surface area contributed by atoms with Crippen LogP contribution in [0.5, 0.6) is 5.75 Å². The van der Waals surface area contributed by atoms with E-state index < -0.39 is 0 Å². The van der Waals surface area contributed by atoms with Crippen molar-refractivity contribution in [3.05, 3.63) is 77.9 Å². The van der Waals surface area contributed by atoms with Crippen LogP contribution in [0.3, 0.4) is 0 Å². The normalized spacial score (nSPS) is 11.4. The van der Waals surface area contributed by atoms with Crippen molar-refractivity contribution in [2.75, 3.05) is 13.2 Å². The molecular weight excluding hydrogens is 360 g/mol. The summed E-state index contributed by atoms with van der Waals surface area (Å²) in [5.74, 6) is 0.633. The van der Waals surface area contributed by atoms with Gasteiger partial charge in [0.2, 0.25) is 0 Å². The van der Waals surface area contributed by atoms with Crippen molar-refractivity contribution in [1.82, 2.24) is 10.6 Å². The van der Waals surface area contributed by atoms with E-state index >= 15 is 0 Å². The molecule has 0 bridgehead atoms. The molecule has 0 saturated heterocycles. The van der Waals surface area contributed by atoms with Crippen LogP contribution < -0.4 is 15.4 Å². The van der Waals surface area contributed by atoms with Crippen LogP contribution in [0.25, 0.3) is 10.8 Å². The lowest BCUT2D eigenvalue weighted by atomic mass is 10.0. The van der Waals surface area contributed by atoms with E-state index in [1.165, 1.54) is 10.9 Å². The van der Waals surface area contributed by atoms with Crippen molar-refractivity contribution in [2.24, 2.45) is 0 Å². The first-order valence-electron chi connectivity index (χ1n) is 10.1. The molecular formula is C25H30N2O2. The third-order valence-electron chi connectivity index (χ3n) is 4.61. The number of rotatable bonds is 8. The molecule has 3 aromatic carbocycles. The van der Waals surface area contributed by atoms with Gasteiger partial charge in [0.05, 0.1) is 0 Å². The largest absolute Gasteiger partial charge is 0.483 e. The summed E-state index contributed by atoms with van der Waals surface area (Å²) in [5, 5.41) is 8.78. The molecule has 152 valence electrons. The van der Waals surface area contributed by atoms with Gasteiger partial charge < -0.3 is 15.4 Å². The number of nitrogens with one attached hydrogen (secondary N) is 2. The Balaban J connectivity index is 1.69. The maximum atomic E-state index is 12.2. The SMILES string of the molecule is CC(C)(C)NC(=O)COc1ccc2ccccc2c1CNCCc1ccccc1. The highest BCUT2D eigenvalue weighted by Gasteiger charge is 2.15. The lowest BCUT2D eigenvalue weighted by molar-refractivity contribution is -0.124. The topological polar surface area (TPSA) is 50.4 Å². The van der Waals surface area contributed by atoms with Gasteiger partial charge in [-0.1, -0.05) is 60.7 Å². The second-order valence-corrected chi connectivity index (χ2v) is 8.26. The van der Waals surface area contributed by atoms with Gasteiger partial charge in [-0.15, -0.1) is 0 Å². The molecule has 0 heterocycles. The molecule has 2 N–H and O–H groups in total. The lowest BCUT2D eigenvalue weighted by Gasteiger charge is -2.21. The summed E-state index contributed by atoms with van der Waals surface area (Å²) in [6.45, 7) is 7.45. The number of carbonyl (C=O) groups is 1. The van der Waals surface area contributed by atoms with Crippen LogP contribution in [0.15, 0.2) is 66.7 Å². The van der Waals surface area contributed by atoms with Crippen LogP contribution >= 0.6 is 0 Å². The fraction of sp³-hybridized carbons (Fsp3) is 0.320. The Bertz CT molecular complexity index is 946. The molecule has 4 heteroatoms. The molecule has 0 aromatic heterocycles. The van der Waals surface area contributed by atoms with E-state index in [4.69, 9.17) is 4.74 Å². The minimum Gasteiger partial charge on any atom is -0.483 e. The van der Waals surface area contributed by atoms with E-state index in [0.29, 0.717) is 6.54 Å². The van der Waals surface area contributed by atoms with Crippen molar-refractivity contribution in [3.8, 4) is 5.75 Å². The Morgan fingerprint density at radius 1 is 0.931 bits per heavy atom. The van der Waals surface area contributed by atoms with Crippen LogP contribution in [0.2, 0.25) is 0 Å². The predicted octanol–water partition coefficient (Wildman–Crippen LogP) is 4.47. The monoisotopic (exact) mass is 390 g/mol. The quantitative estimate of drug-likeness (QED) is 0.558. The van der Waals surface area contributed by atoms with Crippen molar-refractivity contribution in [1.29, 1.82) is 0 Å². The molecule has 0 aliphatic rings. The number of amides is 1. The van der Waals surface area contributed by atoms with Gasteiger partial charge in [0, 0.05) is 17.6 Å². The Kier molecular flexibility index (Phi) is 6.89. The molecule has 0 radical (unpaired) electrons. The first-order valence-corrected chi connectivity index (χ1v) is 10.1. The van der Waals surface area contributed by atoms with E-state index in [0.717, 1.165) is 29.7 Å². The summed E-state index contributed by atoms with van der Waals surface area (Å²) in [7, 11) is 0. The lowest BCUT2D eigenvalue weighted by Crippen LogP contribution is -2.43. The van der Waals surface area contributed by atoms with E-state index in [2.05, 4.69) is 47.0 Å². The maximum absolute atomic E-state index is 12.2. The maximum Gasteiger partial charge on any atom is 0.258 e. The molecule has 0 saturated carbocycles. The third-order valence-corrected chi connectivity index (χ3v) is 4.61. The molecule has 0 unspecified atom stereocenters. The molecule has 0 spiro atoms. The second-order valence-electron chi connectivity index (χ2n) is 8.26. The summed E-state index contributed by atoms with van der Waals surface area (Å²) in [4.78, 5) is 12.2. The molecule has 0 fully saturated rings. The van der Waals surface area contributed by atoms with Crippen LogP contribution in [-0.4, -0.2) is 24.6 Å². The van der Waals surface area contributed by atoms with Crippen molar-refractivity contribution < 1.29 is 9.53 Å². The van der Waals surface area contributed by atoms with Gasteiger partial charge in [0.25, 0.3) is 5.91 Å². The molecule has 3 aromatic rings. The zero-order valence-electron chi connectivity index (χ0n) is 17.5. The van der Waals surface area contributed by atoms with Crippen molar-refractivity contribution in [3.63, 3.8) is 0 Å². The fourth-order valence-electron chi connectivity index (χ4n) is 3.32. The summed E-state index contributed by atoms with van der Waals surface area (Å²) >= 11 is 0. The zero-order valence-corrected chi connectivity index (χ0v) is 17.5. The van der Waals surface area contributed by atoms with Crippen molar-refractivity contribution >= 4 is 16.7 Å². The van der Waals surface area contributed by atoms with E-state index in [1.807, 2.05) is 51.1 Å². The number of hydrogen-bond donors (Lipinski definition) is 2. The molecule has 0 atom stereocenters. The van der Waals surface area contributed by atoms with Gasteiger partial charge in [0.1, 0.15) is 5.75 Å². The van der Waals surface area contributed by atoms with E-state index in [-0.39, 0.29) is 18.1 Å². The third kappa shape index (κ3) is 6.33. The highest BCUT2D eigenvalue weighted by Crippen LogP contribution is 2.28. The highest BCUT2D eigenvalue weighted by atomic mass is 16.5. The van der Waals surface area contributed by atoms with Crippen LogP contribution in [-0.2, 0) is 17.8 Å². The minimum atomic E-state index is -0.272. The van der Waals surface area contributed by atoms with Gasteiger partial charge in [-0.2, -0.15) is 0 Å². The van der Waals surface area contributed by atoms with Gasteiger partial charge in [-0.25, -0.2) is 0 Å². The van der Waals surface area contributed by atoms with Gasteiger partial charge in [-0.05, 0) is 56.1 Å². The Hall–Kier alpha value is -2.85. The smallest absolute Gasteiger partial charge is 0.258 e. The van der Waals surface area contributed by atoms with Crippen LogP contribution in [0, 0.1) is 0 Å². The highest BCUT2D eigenvalue weighted by molar-refractivity contribution is 5.88. The zero-order chi connectivity index (χ0) is 20.7. The number of ether oxygens (including phenoxy) is 1. The van der Waals surface area contributed by atoms with Crippen molar-refractivity contribution in [2.45, 2.75) is 39.3 Å². The number of benzene rings is 3. The van der Waals surface area contributed by atoms with Crippen LogP contribution in [0.4, 0.5) is 0 Å². The number of carbonyl (C=O) groups excluding carboxylic acids is 1. The summed E-state index contributed by atoms with van der Waals surface area (Å²) in [6.07, 6.45) is 0.968. The summed E-state index contributed by atoms with van der Waals surface area (Å²) < 4.78 is 5.92. The summed E-state index contributed by atoms with van der Waals surface area (Å²) in [6, 6.07) is 22.7. The van der Waals surface area contributed by atoms with E-state index in [9.17, 15) is 4.79 Å².